The third-order valence-electron chi connectivity index (χ3n) is 9.74. The van der Waals surface area contributed by atoms with E-state index in [2.05, 4.69) is 56.5 Å². The number of hydrogen-bond donors (Lipinski definition) is 5. The van der Waals surface area contributed by atoms with Crippen LogP contribution in [0.2, 0.25) is 0 Å². The lowest BCUT2D eigenvalue weighted by Crippen LogP contribution is -2.37. The van der Waals surface area contributed by atoms with Crippen molar-refractivity contribution in [2.45, 2.75) is 26.2 Å². The molecule has 69 heavy (non-hydrogen) atoms. The lowest BCUT2D eigenvalue weighted by atomic mass is 10.2. The first kappa shape index (κ1) is 50.8. The average Bonchev–Trinajstić information content (AvgIpc) is 3.35. The van der Waals surface area contributed by atoms with Crippen LogP contribution in [0.3, 0.4) is 0 Å². The van der Waals surface area contributed by atoms with E-state index in [1.54, 1.807) is 34.9 Å². The van der Waals surface area contributed by atoms with Gasteiger partial charge in [-0.2, -0.15) is 41.4 Å². The number of morpholine rings is 2. The van der Waals surface area contributed by atoms with Crippen LogP contribution < -0.4 is 37.1 Å². The number of nitrogen functional groups attached to an aromatic ring is 1. The van der Waals surface area contributed by atoms with E-state index < -0.39 is 35.1 Å². The predicted molar refractivity (Wildman–Crippen MR) is 242 cm³/mol. The minimum absolute atomic E-state index is 0.130. The van der Waals surface area contributed by atoms with E-state index in [1.165, 1.54) is 49.6 Å². The van der Waals surface area contributed by atoms with E-state index in [0.717, 1.165) is 36.7 Å². The van der Waals surface area contributed by atoms with Crippen molar-refractivity contribution in [3.8, 4) is 0 Å². The van der Waals surface area contributed by atoms with Gasteiger partial charge in [0.15, 0.2) is 29.1 Å². The number of nitrogens with two attached hydrogens (primary N) is 1. The lowest BCUT2D eigenvalue weighted by Gasteiger charge is -2.27. The largest absolute Gasteiger partial charge is 0.416 e. The first-order chi connectivity index (χ1) is 33.0. The number of ketones is 1. The van der Waals surface area contributed by atoms with Crippen LogP contribution in [0.25, 0.3) is 0 Å². The maximum absolute atomic E-state index is 14.1. The lowest BCUT2D eigenvalue weighted by molar-refractivity contribution is -0.138. The summed E-state index contributed by atoms with van der Waals surface area (Å²) in [5, 5.41) is 9.91. The highest BCUT2D eigenvalue weighted by Gasteiger charge is 2.31. The van der Waals surface area contributed by atoms with Gasteiger partial charge in [0, 0.05) is 44.5 Å². The van der Waals surface area contributed by atoms with Crippen molar-refractivity contribution in [2.24, 2.45) is 10.9 Å². The molecule has 0 bridgehead atoms. The molecule has 25 heteroatoms. The summed E-state index contributed by atoms with van der Waals surface area (Å²) < 4.78 is 114. The van der Waals surface area contributed by atoms with E-state index in [1.807, 2.05) is 0 Å². The zero-order valence-corrected chi connectivity index (χ0v) is 36.7. The summed E-state index contributed by atoms with van der Waals surface area (Å²) in [6.45, 7) is 7.55. The van der Waals surface area contributed by atoms with Crippen molar-refractivity contribution < 1.29 is 49.4 Å². The van der Waals surface area contributed by atoms with Crippen molar-refractivity contribution in [1.82, 2.24) is 29.9 Å². The van der Waals surface area contributed by atoms with Gasteiger partial charge in [-0.25, -0.2) is 30.0 Å². The van der Waals surface area contributed by atoms with Gasteiger partial charge in [0.2, 0.25) is 11.9 Å². The van der Waals surface area contributed by atoms with Crippen LogP contribution in [0.1, 0.15) is 41.2 Å². The number of benzene rings is 2. The Morgan fingerprint density at radius 1 is 0.609 bits per heavy atom. The van der Waals surface area contributed by atoms with E-state index in [0.29, 0.717) is 92.5 Å². The summed E-state index contributed by atoms with van der Waals surface area (Å²) in [6, 6.07) is 16.2. The molecule has 2 saturated heterocycles. The number of hydrazine groups is 1. The molecule has 0 amide bonds. The topological polar surface area (TPSA) is 206 Å². The standard InChI is InChI=1S/C22H21F4N7O.C14H11F3N2O.C8H12FN5O/c1-14(31-32-21-28-13-18(23)20(30-21)33-7-9-34-10-8-33)19-6-5-17(12-27-19)29-16-4-2-3-15(11-16)22(24,25)26;1-9(20)13-6-5-12(8-18-13)19-11-4-2-3-10(7-11)14(15,16)17;9-6-5-11-8(13-10)12-7(6)14-1-3-15-4-2-14/h2-6,11-13,29H,7-10H2,1H3,(H,28,30,32);2-8,19H,1H3;5H,1-4,10H2,(H,11,12,13)/b31-14+;;. The Balaban J connectivity index is 0.000000188. The SMILES string of the molecule is C/C(=N\Nc1ncc(F)c(N2CCOCC2)n1)c1ccc(Nc2cccc(C(F)(F)F)c2)cn1.CC(=O)c1ccc(Nc2cccc(C(F)(F)F)c2)cn1.NNc1ncc(F)c(N2CCOCC2)n1. The van der Waals surface area contributed by atoms with Gasteiger partial charge < -0.3 is 29.9 Å². The Morgan fingerprint density at radius 2 is 1.06 bits per heavy atom. The monoisotopic (exact) mass is 968 g/mol. The van der Waals surface area contributed by atoms with Gasteiger partial charge in [-0.3, -0.25) is 20.2 Å². The fourth-order valence-electron chi connectivity index (χ4n) is 6.26. The molecule has 6 aromatic rings. The van der Waals surface area contributed by atoms with Crippen molar-refractivity contribution >= 4 is 57.8 Å². The van der Waals surface area contributed by atoms with Crippen LogP contribution in [0.5, 0.6) is 0 Å². The van der Waals surface area contributed by atoms with Crippen LogP contribution in [-0.4, -0.2) is 94.0 Å². The number of nitrogens with zero attached hydrogens (tertiary/aromatic N) is 9. The summed E-state index contributed by atoms with van der Waals surface area (Å²) in [6.07, 6.45) is -3.73. The van der Waals surface area contributed by atoms with Crippen LogP contribution in [0, 0.1) is 11.6 Å². The molecule has 2 aliphatic rings. The van der Waals surface area contributed by atoms with Gasteiger partial charge in [0.05, 0.1) is 85.1 Å². The number of nitrogens with one attached hydrogen (secondary N) is 4. The summed E-state index contributed by atoms with van der Waals surface area (Å²) >= 11 is 0. The van der Waals surface area contributed by atoms with Gasteiger partial charge in [-0.15, -0.1) is 0 Å². The summed E-state index contributed by atoms with van der Waals surface area (Å²) in [7, 11) is 0. The van der Waals surface area contributed by atoms with Crippen LogP contribution in [0.15, 0.2) is 103 Å². The Labute approximate surface area is 389 Å². The fraction of sp³-hybridized carbons (Fsp3) is 0.273. The molecule has 0 spiro atoms. The van der Waals surface area contributed by atoms with Crippen LogP contribution in [-0.2, 0) is 21.8 Å². The number of hydrazone groups is 1. The minimum atomic E-state index is -4.42. The zero-order chi connectivity index (χ0) is 49.6. The second-order valence-corrected chi connectivity index (χ2v) is 14.7. The molecule has 364 valence electrons. The third-order valence-corrected chi connectivity index (χ3v) is 9.74. The van der Waals surface area contributed by atoms with Gasteiger partial charge in [0.1, 0.15) is 5.69 Å². The van der Waals surface area contributed by atoms with Crippen molar-refractivity contribution in [1.29, 1.82) is 0 Å². The number of anilines is 8. The molecule has 8 rings (SSSR count). The molecule has 0 radical (unpaired) electrons. The quantitative estimate of drug-likeness (QED) is 0.0273. The summed E-state index contributed by atoms with van der Waals surface area (Å²) in [4.78, 5) is 38.6. The number of alkyl halides is 6. The smallest absolute Gasteiger partial charge is 0.378 e. The van der Waals surface area contributed by atoms with Gasteiger partial charge in [-0.05, 0) is 67.6 Å². The van der Waals surface area contributed by atoms with Crippen LogP contribution in [0.4, 0.5) is 81.4 Å². The molecule has 2 fully saturated rings. The number of carbonyl (C=O) groups excluding carboxylic acids is 1. The summed E-state index contributed by atoms with van der Waals surface area (Å²) in [5.41, 5.74) is 6.48. The third kappa shape index (κ3) is 14.9. The Morgan fingerprint density at radius 3 is 1.48 bits per heavy atom. The maximum Gasteiger partial charge on any atom is 0.416 e. The first-order valence-electron chi connectivity index (χ1n) is 20.8. The highest BCUT2D eigenvalue weighted by Crippen LogP contribution is 2.33. The highest BCUT2D eigenvalue weighted by molar-refractivity contribution is 5.97. The van der Waals surface area contributed by atoms with Gasteiger partial charge in [-0.1, -0.05) is 12.1 Å². The molecule has 0 unspecified atom stereocenters. The first-order valence-corrected chi connectivity index (χ1v) is 20.8. The number of Topliss-reactive ketones (excluding diaryl/α,β-unsaturated/α-hetero) is 1. The molecular weight excluding hydrogens is 925 g/mol. The number of rotatable bonds is 11. The van der Waals surface area contributed by atoms with Gasteiger partial charge in [0.25, 0.3) is 0 Å². The molecule has 4 aromatic heterocycles. The van der Waals surface area contributed by atoms with E-state index in [-0.39, 0.29) is 29.3 Å². The highest BCUT2D eigenvalue weighted by atomic mass is 19.4. The second-order valence-electron chi connectivity index (χ2n) is 14.7. The Hall–Kier alpha value is -7.64. The molecule has 2 aromatic carbocycles. The number of hydrogen-bond acceptors (Lipinski definition) is 17. The Bertz CT molecular complexity index is 2670. The van der Waals surface area contributed by atoms with E-state index in [4.69, 9.17) is 15.3 Å². The summed E-state index contributed by atoms with van der Waals surface area (Å²) in [5.74, 6) is 4.79. The molecule has 6 heterocycles. The Kier molecular flexibility index (Phi) is 17.2. The molecule has 0 aliphatic carbocycles. The van der Waals surface area contributed by atoms with E-state index in [9.17, 15) is 39.9 Å². The van der Waals surface area contributed by atoms with Crippen molar-refractivity contribution in [3.63, 3.8) is 0 Å². The number of pyridine rings is 2. The number of halogens is 8. The number of carbonyl (C=O) groups is 1. The second kappa shape index (κ2) is 23.4. The van der Waals surface area contributed by atoms with Crippen molar-refractivity contribution in [3.05, 3.63) is 132 Å². The molecule has 0 atom stereocenters. The van der Waals surface area contributed by atoms with Crippen molar-refractivity contribution in [2.75, 3.05) is 83.9 Å². The number of ether oxygens (including phenoxy) is 2. The van der Waals surface area contributed by atoms with E-state index >= 15 is 0 Å². The predicted octanol–water partition coefficient (Wildman–Crippen LogP) is 8.23. The molecule has 0 saturated carbocycles. The molecule has 17 nitrogen and oxygen atoms in total. The molecule has 6 N–H and O–H groups in total. The fourth-order valence-corrected chi connectivity index (χ4v) is 6.26. The van der Waals surface area contributed by atoms with Gasteiger partial charge >= 0.3 is 12.4 Å². The normalized spacial score (nSPS) is 14.1. The maximum atomic E-state index is 14.1. The number of aromatic nitrogens is 6. The van der Waals surface area contributed by atoms with Crippen LogP contribution >= 0.6 is 0 Å². The minimum Gasteiger partial charge on any atom is -0.378 e. The average molecular weight is 969 g/mol. The molecule has 2 aliphatic heterocycles. The molecular formula is C44H44F8N14O3. The zero-order valence-electron chi connectivity index (χ0n) is 36.7.